The summed E-state index contributed by atoms with van der Waals surface area (Å²) in [4.78, 5) is 15.3. The van der Waals surface area contributed by atoms with Crippen LogP contribution in [-0.4, -0.2) is 19.5 Å². The summed E-state index contributed by atoms with van der Waals surface area (Å²) in [6, 6.07) is 63.8. The first-order valence-corrected chi connectivity index (χ1v) is 19.8. The van der Waals surface area contributed by atoms with Crippen LogP contribution in [-0.2, 0) is 0 Å². The molecule has 0 saturated heterocycles. The first-order chi connectivity index (χ1) is 28.2. The van der Waals surface area contributed by atoms with Gasteiger partial charge in [-0.1, -0.05) is 121 Å². The van der Waals surface area contributed by atoms with Crippen molar-refractivity contribution in [2.75, 3.05) is 0 Å². The van der Waals surface area contributed by atoms with Crippen LogP contribution in [0.5, 0.6) is 0 Å². The third kappa shape index (κ3) is 5.12. The van der Waals surface area contributed by atoms with Crippen LogP contribution in [0.2, 0.25) is 0 Å². The SMILES string of the molecule is c1ccc(-c2nc(-c3ccc4c(c3)oc3c(-c5ccccc5)cc(-n5c6ccccc6c6ccccc65)cc34)nc(-c3ccc4sc5ccccc5c4c3)n2)cc1. The van der Waals surface area contributed by atoms with Crippen molar-refractivity contribution in [2.45, 2.75) is 0 Å². The van der Waals surface area contributed by atoms with E-state index in [1.165, 1.54) is 42.0 Å². The third-order valence-corrected chi connectivity index (χ3v) is 12.2. The maximum absolute atomic E-state index is 6.88. The third-order valence-electron chi connectivity index (χ3n) is 11.0. The van der Waals surface area contributed by atoms with Crippen molar-refractivity contribution in [1.29, 1.82) is 0 Å². The molecular weight excluding hydrogens is 717 g/mol. The van der Waals surface area contributed by atoms with Gasteiger partial charge in [0.2, 0.25) is 0 Å². The van der Waals surface area contributed by atoms with E-state index in [0.717, 1.165) is 55.4 Å². The summed E-state index contributed by atoms with van der Waals surface area (Å²) in [5.74, 6) is 1.84. The van der Waals surface area contributed by atoms with Crippen LogP contribution < -0.4 is 0 Å². The minimum atomic E-state index is 0.589. The van der Waals surface area contributed by atoms with Crippen LogP contribution in [0.25, 0.3) is 115 Å². The van der Waals surface area contributed by atoms with E-state index in [1.807, 2.05) is 30.3 Å². The molecule has 4 heterocycles. The van der Waals surface area contributed by atoms with E-state index in [2.05, 4.69) is 156 Å². The number of rotatable bonds is 5. The first-order valence-electron chi connectivity index (χ1n) is 19.0. The van der Waals surface area contributed by atoms with Crippen molar-refractivity contribution in [3.05, 3.63) is 182 Å². The van der Waals surface area contributed by atoms with E-state index in [1.54, 1.807) is 11.3 Å². The van der Waals surface area contributed by atoms with Gasteiger partial charge in [-0.25, -0.2) is 15.0 Å². The van der Waals surface area contributed by atoms with E-state index >= 15 is 0 Å². The van der Waals surface area contributed by atoms with Crippen molar-refractivity contribution in [1.82, 2.24) is 19.5 Å². The molecule has 0 saturated carbocycles. The Kier molecular flexibility index (Phi) is 7.03. The highest BCUT2D eigenvalue weighted by molar-refractivity contribution is 7.25. The molecule has 6 heteroatoms. The Morgan fingerprint density at radius 1 is 0.386 bits per heavy atom. The summed E-state index contributed by atoms with van der Waals surface area (Å²) in [6.45, 7) is 0. The van der Waals surface area contributed by atoms with E-state index in [9.17, 15) is 0 Å². The van der Waals surface area contributed by atoms with Gasteiger partial charge in [0.05, 0.1) is 11.0 Å². The molecule has 0 amide bonds. The summed E-state index contributed by atoms with van der Waals surface area (Å²) < 4.78 is 11.8. The molecule has 266 valence electrons. The molecule has 0 aliphatic heterocycles. The molecule has 0 atom stereocenters. The fourth-order valence-corrected chi connectivity index (χ4v) is 9.47. The largest absolute Gasteiger partial charge is 0.455 e. The molecule has 0 N–H and O–H groups in total. The zero-order chi connectivity index (χ0) is 37.5. The topological polar surface area (TPSA) is 56.7 Å². The molecule has 0 bridgehead atoms. The zero-order valence-corrected chi connectivity index (χ0v) is 31.2. The number of para-hydroxylation sites is 2. The quantitative estimate of drug-likeness (QED) is 0.176. The lowest BCUT2D eigenvalue weighted by Gasteiger charge is -2.11. The summed E-state index contributed by atoms with van der Waals surface area (Å²) in [7, 11) is 0. The average Bonchev–Trinajstić information content (AvgIpc) is 3.95. The zero-order valence-electron chi connectivity index (χ0n) is 30.4. The molecule has 57 heavy (non-hydrogen) atoms. The van der Waals surface area contributed by atoms with Gasteiger partial charge in [0.1, 0.15) is 11.2 Å². The van der Waals surface area contributed by atoms with Crippen molar-refractivity contribution < 1.29 is 4.42 Å². The van der Waals surface area contributed by atoms with Gasteiger partial charge in [-0.15, -0.1) is 11.3 Å². The van der Waals surface area contributed by atoms with E-state index in [0.29, 0.717) is 17.5 Å². The highest BCUT2D eigenvalue weighted by Crippen LogP contribution is 2.42. The lowest BCUT2D eigenvalue weighted by molar-refractivity contribution is 0.670. The van der Waals surface area contributed by atoms with Crippen molar-refractivity contribution >= 4 is 75.3 Å². The van der Waals surface area contributed by atoms with Gasteiger partial charge >= 0.3 is 0 Å². The highest BCUT2D eigenvalue weighted by Gasteiger charge is 2.20. The smallest absolute Gasteiger partial charge is 0.164 e. The molecule has 4 aromatic heterocycles. The Balaban J connectivity index is 1.06. The van der Waals surface area contributed by atoms with Crippen LogP contribution in [0.1, 0.15) is 0 Å². The fourth-order valence-electron chi connectivity index (χ4n) is 8.38. The van der Waals surface area contributed by atoms with Crippen molar-refractivity contribution in [3.8, 4) is 51.0 Å². The maximum atomic E-state index is 6.88. The number of fused-ring (bicyclic) bond motifs is 9. The Labute approximate surface area is 330 Å². The number of aromatic nitrogens is 4. The Bertz CT molecular complexity index is 3470. The van der Waals surface area contributed by atoms with Gasteiger partial charge in [0, 0.05) is 69.7 Å². The van der Waals surface area contributed by atoms with Gasteiger partial charge in [0.15, 0.2) is 17.5 Å². The monoisotopic (exact) mass is 746 g/mol. The number of benzene rings is 8. The lowest BCUT2D eigenvalue weighted by atomic mass is 10.0. The molecule has 0 aliphatic rings. The predicted octanol–water partition coefficient (Wildman–Crippen LogP) is 13.9. The Morgan fingerprint density at radius 2 is 0.947 bits per heavy atom. The Hall–Kier alpha value is -7.41. The molecule has 12 aromatic rings. The van der Waals surface area contributed by atoms with Gasteiger partial charge in [-0.2, -0.15) is 0 Å². The second-order valence-corrected chi connectivity index (χ2v) is 15.5. The number of furan rings is 1. The van der Waals surface area contributed by atoms with Gasteiger partial charge in [-0.3, -0.25) is 0 Å². The van der Waals surface area contributed by atoms with Gasteiger partial charge in [0.25, 0.3) is 0 Å². The Morgan fingerprint density at radius 3 is 1.67 bits per heavy atom. The molecule has 5 nitrogen and oxygen atoms in total. The molecule has 0 aliphatic carbocycles. The van der Waals surface area contributed by atoms with E-state index in [-0.39, 0.29) is 0 Å². The van der Waals surface area contributed by atoms with E-state index < -0.39 is 0 Å². The van der Waals surface area contributed by atoms with E-state index in [4.69, 9.17) is 19.4 Å². The predicted molar refractivity (Wildman–Crippen MR) is 236 cm³/mol. The molecule has 0 spiro atoms. The van der Waals surface area contributed by atoms with Crippen molar-refractivity contribution in [2.24, 2.45) is 0 Å². The summed E-state index contributed by atoms with van der Waals surface area (Å²) in [5, 5.41) is 6.98. The number of nitrogens with zero attached hydrogens (tertiary/aromatic N) is 4. The second-order valence-electron chi connectivity index (χ2n) is 14.4. The van der Waals surface area contributed by atoms with Crippen LogP contribution >= 0.6 is 11.3 Å². The lowest BCUT2D eigenvalue weighted by Crippen LogP contribution is -2.00. The highest BCUT2D eigenvalue weighted by atomic mass is 32.1. The summed E-state index contributed by atoms with van der Waals surface area (Å²) in [6.07, 6.45) is 0. The van der Waals surface area contributed by atoms with Crippen molar-refractivity contribution in [3.63, 3.8) is 0 Å². The standard InChI is InChI=1S/C51H30N4OS/c1-3-13-31(14-4-1)40-29-35(55-43-20-10-7-17-36(43)37-18-8-11-21-44(37)55)30-42-38-25-23-34(28-45(38)56-48(40)42)51-53-49(32-15-5-2-6-16-32)52-50(54-51)33-24-26-47-41(27-33)39-19-9-12-22-46(39)57-47/h1-30H. The first kappa shape index (κ1) is 31.9. The molecule has 12 rings (SSSR count). The van der Waals surface area contributed by atoms with Gasteiger partial charge in [-0.05, 0) is 66.2 Å². The van der Waals surface area contributed by atoms with Crippen LogP contribution in [0, 0.1) is 0 Å². The number of hydrogen-bond donors (Lipinski definition) is 0. The molecule has 8 aromatic carbocycles. The van der Waals surface area contributed by atoms with Crippen LogP contribution in [0.4, 0.5) is 0 Å². The second kappa shape index (κ2) is 12.6. The normalized spacial score (nSPS) is 11.9. The molecule has 0 radical (unpaired) electrons. The number of thiophene rings is 1. The fraction of sp³-hybridized carbons (Fsp3) is 0. The molecular formula is C51H30N4OS. The minimum Gasteiger partial charge on any atom is -0.455 e. The van der Waals surface area contributed by atoms with Crippen LogP contribution in [0.15, 0.2) is 186 Å². The summed E-state index contributed by atoms with van der Waals surface area (Å²) in [5.41, 5.74) is 9.88. The van der Waals surface area contributed by atoms with Gasteiger partial charge < -0.3 is 8.98 Å². The van der Waals surface area contributed by atoms with Crippen LogP contribution in [0.3, 0.4) is 0 Å². The number of hydrogen-bond acceptors (Lipinski definition) is 5. The maximum Gasteiger partial charge on any atom is 0.164 e. The average molecular weight is 747 g/mol. The summed E-state index contributed by atoms with van der Waals surface area (Å²) >= 11 is 1.80. The molecule has 0 unspecified atom stereocenters. The molecule has 0 fully saturated rings. The minimum absolute atomic E-state index is 0.589.